The Morgan fingerprint density at radius 1 is 1.24 bits per heavy atom. The van der Waals surface area contributed by atoms with Crippen LogP contribution >= 0.6 is 34.9 Å². The molecular formula is C11H14N4O2S4. The van der Waals surface area contributed by atoms with E-state index in [0.29, 0.717) is 5.69 Å². The lowest BCUT2D eigenvalue weighted by molar-refractivity contribution is 0.520. The molecule has 0 amide bonds. The minimum absolute atomic E-state index is 0.177. The Labute approximate surface area is 136 Å². The van der Waals surface area contributed by atoms with Crippen LogP contribution in [0.5, 0.6) is 0 Å². The summed E-state index contributed by atoms with van der Waals surface area (Å²) in [4.78, 5) is 0.938. The molecule has 2 rings (SSSR count). The summed E-state index contributed by atoms with van der Waals surface area (Å²) in [6, 6.07) is 4.70. The maximum Gasteiger partial charge on any atom is 0.242 e. The Bertz CT molecular complexity index is 742. The molecule has 0 fully saturated rings. The molecule has 1 aromatic heterocycles. The smallest absolute Gasteiger partial charge is 0.242 e. The van der Waals surface area contributed by atoms with Gasteiger partial charge >= 0.3 is 0 Å². The molecule has 1 heterocycles. The number of hydrogen-bond donors (Lipinski definition) is 1. The van der Waals surface area contributed by atoms with Crippen molar-refractivity contribution in [3.8, 4) is 0 Å². The molecule has 2 N–H and O–H groups in total. The van der Waals surface area contributed by atoms with E-state index >= 15 is 0 Å². The number of nitrogens with two attached hydrogens (primary N) is 1. The lowest BCUT2D eigenvalue weighted by Gasteiger charge is -2.12. The molecule has 6 nitrogen and oxygen atoms in total. The van der Waals surface area contributed by atoms with Crippen LogP contribution in [0, 0.1) is 0 Å². The van der Waals surface area contributed by atoms with Crippen molar-refractivity contribution >= 4 is 50.6 Å². The van der Waals surface area contributed by atoms with E-state index in [9.17, 15) is 8.42 Å². The van der Waals surface area contributed by atoms with Crippen LogP contribution in [0.4, 0.5) is 5.69 Å². The van der Waals surface area contributed by atoms with Crippen molar-refractivity contribution in [1.29, 1.82) is 0 Å². The number of nitrogen functional groups attached to an aromatic ring is 1. The van der Waals surface area contributed by atoms with E-state index in [-0.39, 0.29) is 4.90 Å². The maximum absolute atomic E-state index is 12.0. The number of benzene rings is 1. The molecule has 21 heavy (non-hydrogen) atoms. The predicted molar refractivity (Wildman–Crippen MR) is 87.5 cm³/mol. The molecule has 0 aliphatic rings. The van der Waals surface area contributed by atoms with Crippen LogP contribution in [0.2, 0.25) is 0 Å². The molecule has 0 unspecified atom stereocenters. The second-order valence-corrected chi connectivity index (χ2v) is 9.60. The zero-order valence-electron chi connectivity index (χ0n) is 11.6. The third-order valence-corrected chi connectivity index (χ3v) is 7.37. The molecule has 0 saturated carbocycles. The average molecular weight is 363 g/mol. The lowest BCUT2D eigenvalue weighted by atomic mass is 10.3. The van der Waals surface area contributed by atoms with Crippen LogP contribution in [0.1, 0.15) is 0 Å². The van der Waals surface area contributed by atoms with Gasteiger partial charge in [-0.3, -0.25) is 0 Å². The Morgan fingerprint density at radius 3 is 2.43 bits per heavy atom. The van der Waals surface area contributed by atoms with E-state index in [0.717, 1.165) is 17.9 Å². The molecule has 0 saturated heterocycles. The molecule has 0 radical (unpaired) electrons. The largest absolute Gasteiger partial charge is 0.398 e. The summed E-state index contributed by atoms with van der Waals surface area (Å²) in [6.45, 7) is 0. The van der Waals surface area contributed by atoms with Gasteiger partial charge in [-0.05, 0) is 24.5 Å². The lowest BCUT2D eigenvalue weighted by Crippen LogP contribution is -2.22. The first-order chi connectivity index (χ1) is 9.84. The van der Waals surface area contributed by atoms with Crippen LogP contribution in [0.3, 0.4) is 0 Å². The van der Waals surface area contributed by atoms with Crippen molar-refractivity contribution in [2.75, 3.05) is 26.1 Å². The third-order valence-electron chi connectivity index (χ3n) is 2.52. The van der Waals surface area contributed by atoms with Crippen molar-refractivity contribution < 1.29 is 8.42 Å². The third kappa shape index (κ3) is 3.69. The van der Waals surface area contributed by atoms with E-state index in [4.69, 9.17) is 5.73 Å². The summed E-state index contributed by atoms with van der Waals surface area (Å²) in [5, 5.41) is 8.06. The summed E-state index contributed by atoms with van der Waals surface area (Å²) < 4.78 is 26.9. The summed E-state index contributed by atoms with van der Waals surface area (Å²) >= 11 is 4.38. The summed E-state index contributed by atoms with van der Waals surface area (Å²) in [5.41, 5.74) is 6.36. The highest BCUT2D eigenvalue weighted by molar-refractivity contribution is 8.03. The highest BCUT2D eigenvalue weighted by atomic mass is 32.2. The number of anilines is 1. The number of nitrogens with zero attached hydrogens (tertiary/aromatic N) is 3. The van der Waals surface area contributed by atoms with Crippen molar-refractivity contribution in [3.05, 3.63) is 18.2 Å². The van der Waals surface area contributed by atoms with Crippen molar-refractivity contribution in [3.63, 3.8) is 0 Å². The quantitative estimate of drug-likeness (QED) is 0.644. The highest BCUT2D eigenvalue weighted by Crippen LogP contribution is 2.36. The SMILES string of the molecule is CSc1nnc(Sc2ccc(S(=O)(=O)N(C)C)cc2N)s1. The van der Waals surface area contributed by atoms with Crippen LogP contribution in [-0.4, -0.2) is 43.3 Å². The van der Waals surface area contributed by atoms with Crippen LogP contribution < -0.4 is 5.73 Å². The molecule has 1 aromatic carbocycles. The van der Waals surface area contributed by atoms with Gasteiger partial charge < -0.3 is 5.73 Å². The monoisotopic (exact) mass is 362 g/mol. The van der Waals surface area contributed by atoms with Gasteiger partial charge in [0.05, 0.1) is 4.90 Å². The molecule has 2 aromatic rings. The van der Waals surface area contributed by atoms with E-state index in [2.05, 4.69) is 10.2 Å². The van der Waals surface area contributed by atoms with Crippen LogP contribution in [0.25, 0.3) is 0 Å². The fraction of sp³-hybridized carbons (Fsp3) is 0.273. The van der Waals surface area contributed by atoms with E-state index in [1.807, 2.05) is 6.26 Å². The van der Waals surface area contributed by atoms with Crippen molar-refractivity contribution in [2.24, 2.45) is 0 Å². The Hall–Kier alpha value is -0.810. The van der Waals surface area contributed by atoms with Gasteiger partial charge in [0, 0.05) is 24.7 Å². The van der Waals surface area contributed by atoms with Crippen LogP contribution in [-0.2, 0) is 10.0 Å². The topological polar surface area (TPSA) is 89.2 Å². The second kappa shape index (κ2) is 6.53. The Balaban J connectivity index is 2.28. The number of sulfonamides is 1. The maximum atomic E-state index is 12.0. The van der Waals surface area contributed by atoms with Crippen molar-refractivity contribution in [2.45, 2.75) is 18.5 Å². The standard InChI is InChI=1S/C11H14N4O2S4/c1-15(2)21(16,17)7-4-5-9(8(12)6-7)19-11-14-13-10(18-3)20-11/h4-6H,12H2,1-3H3. The Morgan fingerprint density at radius 2 is 1.90 bits per heavy atom. The summed E-state index contributed by atoms with van der Waals surface area (Å²) in [7, 11) is -0.503. The first-order valence-electron chi connectivity index (χ1n) is 5.72. The first-order valence-corrected chi connectivity index (χ1v) is 10.0. The zero-order valence-corrected chi connectivity index (χ0v) is 14.9. The van der Waals surface area contributed by atoms with Gasteiger partial charge in [-0.15, -0.1) is 10.2 Å². The zero-order chi connectivity index (χ0) is 15.6. The van der Waals surface area contributed by atoms with Gasteiger partial charge in [0.15, 0.2) is 8.68 Å². The highest BCUT2D eigenvalue weighted by Gasteiger charge is 2.18. The van der Waals surface area contributed by atoms with Crippen LogP contribution in [0.15, 0.2) is 36.7 Å². The fourth-order valence-electron chi connectivity index (χ4n) is 1.41. The van der Waals surface area contributed by atoms with Crippen molar-refractivity contribution in [1.82, 2.24) is 14.5 Å². The second-order valence-electron chi connectivity index (χ2n) is 4.13. The van der Waals surface area contributed by atoms with E-state index < -0.39 is 10.0 Å². The minimum Gasteiger partial charge on any atom is -0.398 e. The van der Waals surface area contributed by atoms with Gasteiger partial charge in [0.1, 0.15) is 0 Å². The molecular weight excluding hydrogens is 348 g/mol. The molecule has 114 valence electrons. The van der Waals surface area contributed by atoms with Gasteiger partial charge in [0.2, 0.25) is 10.0 Å². The molecule has 0 aliphatic carbocycles. The number of rotatable bonds is 5. The van der Waals surface area contributed by atoms with E-state index in [1.165, 1.54) is 55.0 Å². The normalized spacial score (nSPS) is 12.0. The number of aromatic nitrogens is 2. The minimum atomic E-state index is -3.47. The number of thioether (sulfide) groups is 1. The molecule has 0 atom stereocenters. The predicted octanol–water partition coefficient (Wildman–Crippen LogP) is 2.24. The first kappa shape index (κ1) is 16.6. The summed E-state index contributed by atoms with van der Waals surface area (Å²) in [6.07, 6.45) is 1.93. The molecule has 0 spiro atoms. The fourth-order valence-corrected chi connectivity index (χ4v) is 4.76. The molecule has 10 heteroatoms. The summed E-state index contributed by atoms with van der Waals surface area (Å²) in [5.74, 6) is 0. The van der Waals surface area contributed by atoms with Gasteiger partial charge in [-0.25, -0.2) is 12.7 Å². The van der Waals surface area contributed by atoms with E-state index in [1.54, 1.807) is 12.1 Å². The average Bonchev–Trinajstić information content (AvgIpc) is 2.88. The Kier molecular flexibility index (Phi) is 5.15. The van der Waals surface area contributed by atoms with Gasteiger partial charge in [-0.1, -0.05) is 34.9 Å². The van der Waals surface area contributed by atoms with Gasteiger partial charge in [-0.2, -0.15) is 0 Å². The van der Waals surface area contributed by atoms with Gasteiger partial charge in [0.25, 0.3) is 0 Å². The molecule has 0 aliphatic heterocycles. The molecule has 0 bridgehead atoms. The number of hydrogen-bond acceptors (Lipinski definition) is 8.